The van der Waals surface area contributed by atoms with Gasteiger partial charge in [-0.3, -0.25) is 0 Å². The maximum absolute atomic E-state index is 4.94. The second kappa shape index (κ2) is 5.88. The normalized spacial score (nSPS) is 14.0. The number of hydrogen-bond donors (Lipinski definition) is 0. The third-order valence-electron chi connectivity index (χ3n) is 5.02. The highest BCUT2D eigenvalue weighted by Crippen LogP contribution is 2.34. The minimum atomic E-state index is 1.03. The summed E-state index contributed by atoms with van der Waals surface area (Å²) in [4.78, 5) is 0. The summed E-state index contributed by atoms with van der Waals surface area (Å²) in [5, 5.41) is 4.94. The summed E-state index contributed by atoms with van der Waals surface area (Å²) in [6, 6.07) is 19.1. The van der Waals surface area contributed by atoms with Crippen molar-refractivity contribution >= 4 is 21.6 Å². The van der Waals surface area contributed by atoms with Crippen molar-refractivity contribution in [3.05, 3.63) is 70.8 Å². The molecule has 5 rings (SSSR count). The average molecular weight is 392 g/mol. The third-order valence-corrected chi connectivity index (χ3v) is 5.55. The predicted octanol–water partition coefficient (Wildman–Crippen LogP) is 5.57. The summed E-state index contributed by atoms with van der Waals surface area (Å²) < 4.78 is 5.58. The van der Waals surface area contributed by atoms with E-state index in [1.807, 2.05) is 0 Å². The Morgan fingerprint density at radius 2 is 1.68 bits per heavy atom. The SMILES string of the molecule is Brc1ccc(-c2nn3cc(-c4ccccc4)c4c3n2CCCC4)cc1. The highest BCUT2D eigenvalue weighted by atomic mass is 79.9. The number of halogens is 1. The van der Waals surface area contributed by atoms with Crippen LogP contribution in [0.3, 0.4) is 0 Å². The number of benzene rings is 2. The quantitative estimate of drug-likeness (QED) is 0.437. The Balaban J connectivity index is 1.74. The van der Waals surface area contributed by atoms with E-state index in [0.29, 0.717) is 0 Å². The number of aryl methyl sites for hydroxylation is 2. The van der Waals surface area contributed by atoms with Gasteiger partial charge in [-0.15, -0.1) is 5.10 Å². The Labute approximate surface area is 155 Å². The lowest BCUT2D eigenvalue weighted by molar-refractivity contribution is 0.645. The van der Waals surface area contributed by atoms with E-state index in [0.717, 1.165) is 23.3 Å². The van der Waals surface area contributed by atoms with Crippen molar-refractivity contribution in [2.75, 3.05) is 0 Å². The van der Waals surface area contributed by atoms with Crippen LogP contribution < -0.4 is 0 Å². The molecule has 0 spiro atoms. The first-order chi connectivity index (χ1) is 12.3. The molecule has 124 valence electrons. The second-order valence-electron chi connectivity index (χ2n) is 6.59. The van der Waals surface area contributed by atoms with E-state index in [1.54, 1.807) is 0 Å². The van der Waals surface area contributed by atoms with Crippen molar-refractivity contribution in [3.63, 3.8) is 0 Å². The van der Waals surface area contributed by atoms with Crippen LogP contribution in [-0.2, 0) is 13.0 Å². The number of aromatic nitrogens is 3. The van der Waals surface area contributed by atoms with Crippen LogP contribution in [0.1, 0.15) is 18.4 Å². The van der Waals surface area contributed by atoms with Gasteiger partial charge in [0, 0.05) is 33.9 Å². The second-order valence-corrected chi connectivity index (χ2v) is 7.51. The summed E-state index contributed by atoms with van der Waals surface area (Å²) in [6.07, 6.45) is 5.73. The van der Waals surface area contributed by atoms with Crippen LogP contribution in [-0.4, -0.2) is 14.2 Å². The molecular formula is C21H18BrN3. The Morgan fingerprint density at radius 3 is 2.48 bits per heavy atom. The molecule has 1 aliphatic heterocycles. The van der Waals surface area contributed by atoms with Gasteiger partial charge in [0.25, 0.3) is 0 Å². The van der Waals surface area contributed by atoms with E-state index >= 15 is 0 Å². The van der Waals surface area contributed by atoms with Gasteiger partial charge < -0.3 is 4.57 Å². The van der Waals surface area contributed by atoms with Gasteiger partial charge in [-0.25, -0.2) is 4.52 Å². The Hall–Kier alpha value is -2.33. The van der Waals surface area contributed by atoms with Gasteiger partial charge in [-0.2, -0.15) is 0 Å². The maximum atomic E-state index is 4.94. The molecule has 0 atom stereocenters. The summed E-state index contributed by atoms with van der Waals surface area (Å²) in [7, 11) is 0. The molecule has 25 heavy (non-hydrogen) atoms. The van der Waals surface area contributed by atoms with Crippen LogP contribution >= 0.6 is 15.9 Å². The summed E-state index contributed by atoms with van der Waals surface area (Å²) in [5.74, 6) is 1.06. The first kappa shape index (κ1) is 15.0. The molecule has 0 bridgehead atoms. The van der Waals surface area contributed by atoms with E-state index in [9.17, 15) is 0 Å². The zero-order valence-corrected chi connectivity index (χ0v) is 15.4. The zero-order chi connectivity index (χ0) is 16.8. The van der Waals surface area contributed by atoms with Gasteiger partial charge >= 0.3 is 0 Å². The summed E-state index contributed by atoms with van der Waals surface area (Å²) >= 11 is 3.52. The molecule has 0 radical (unpaired) electrons. The molecule has 0 saturated heterocycles. The molecule has 4 aromatic rings. The molecule has 0 saturated carbocycles. The number of hydrogen-bond acceptors (Lipinski definition) is 1. The molecule has 2 aromatic heterocycles. The number of rotatable bonds is 2. The first-order valence-corrected chi connectivity index (χ1v) is 9.53. The van der Waals surface area contributed by atoms with E-state index in [-0.39, 0.29) is 0 Å². The molecule has 0 unspecified atom stereocenters. The van der Waals surface area contributed by atoms with Crippen LogP contribution in [0.4, 0.5) is 0 Å². The Kier molecular flexibility index (Phi) is 3.52. The standard InChI is InChI=1S/C21H18BrN3/c22-17-11-9-16(10-12-17)20-23-25-14-19(15-6-2-1-3-7-15)18-8-4-5-13-24(20)21(18)25/h1-3,6-7,9-12,14H,4-5,8,13H2. The maximum Gasteiger partial charge on any atom is 0.162 e. The Morgan fingerprint density at radius 1 is 0.880 bits per heavy atom. The summed E-state index contributed by atoms with van der Waals surface area (Å²) in [6.45, 7) is 1.03. The molecule has 2 aromatic carbocycles. The van der Waals surface area contributed by atoms with Crippen LogP contribution in [0, 0.1) is 0 Å². The highest BCUT2D eigenvalue weighted by Gasteiger charge is 2.22. The van der Waals surface area contributed by atoms with Gasteiger partial charge in [0.2, 0.25) is 0 Å². The van der Waals surface area contributed by atoms with Crippen molar-refractivity contribution in [2.45, 2.75) is 25.8 Å². The van der Waals surface area contributed by atoms with E-state index in [4.69, 9.17) is 5.10 Å². The van der Waals surface area contributed by atoms with Crippen molar-refractivity contribution < 1.29 is 0 Å². The molecule has 3 nitrogen and oxygen atoms in total. The van der Waals surface area contributed by atoms with Gasteiger partial charge in [-0.1, -0.05) is 58.4 Å². The minimum absolute atomic E-state index is 1.03. The lowest BCUT2D eigenvalue weighted by Gasteiger charge is -2.06. The fraction of sp³-hybridized carbons (Fsp3) is 0.190. The predicted molar refractivity (Wildman–Crippen MR) is 105 cm³/mol. The molecular weight excluding hydrogens is 374 g/mol. The van der Waals surface area contributed by atoms with Gasteiger partial charge in [0.15, 0.2) is 5.82 Å². The van der Waals surface area contributed by atoms with Crippen LogP contribution in [0.2, 0.25) is 0 Å². The molecule has 0 fully saturated rings. The smallest absolute Gasteiger partial charge is 0.162 e. The fourth-order valence-electron chi connectivity index (χ4n) is 3.85. The molecule has 1 aliphatic rings. The van der Waals surface area contributed by atoms with Crippen LogP contribution in [0.15, 0.2) is 65.3 Å². The monoisotopic (exact) mass is 391 g/mol. The summed E-state index contributed by atoms with van der Waals surface area (Å²) in [5.41, 5.74) is 6.46. The zero-order valence-electron chi connectivity index (χ0n) is 13.8. The minimum Gasteiger partial charge on any atom is -0.309 e. The van der Waals surface area contributed by atoms with E-state index in [1.165, 1.54) is 40.7 Å². The highest BCUT2D eigenvalue weighted by molar-refractivity contribution is 9.10. The fourth-order valence-corrected chi connectivity index (χ4v) is 4.11. The molecule has 0 aliphatic carbocycles. The number of nitrogens with zero attached hydrogens (tertiary/aromatic N) is 3. The average Bonchev–Trinajstić information content (AvgIpc) is 3.08. The van der Waals surface area contributed by atoms with Crippen molar-refractivity contribution in [3.8, 4) is 22.5 Å². The van der Waals surface area contributed by atoms with Crippen LogP contribution in [0.5, 0.6) is 0 Å². The van der Waals surface area contributed by atoms with Crippen molar-refractivity contribution in [1.82, 2.24) is 14.2 Å². The van der Waals surface area contributed by atoms with Crippen molar-refractivity contribution in [1.29, 1.82) is 0 Å². The topological polar surface area (TPSA) is 22.2 Å². The molecule has 3 heterocycles. The first-order valence-electron chi connectivity index (χ1n) is 8.73. The van der Waals surface area contributed by atoms with Gasteiger partial charge in [0.05, 0.1) is 0 Å². The third kappa shape index (κ3) is 2.44. The van der Waals surface area contributed by atoms with Gasteiger partial charge in [0.1, 0.15) is 5.65 Å². The Bertz CT molecular complexity index is 1040. The van der Waals surface area contributed by atoms with E-state index < -0.39 is 0 Å². The lowest BCUT2D eigenvalue weighted by Crippen LogP contribution is -1.99. The molecule has 0 N–H and O–H groups in total. The largest absolute Gasteiger partial charge is 0.309 e. The van der Waals surface area contributed by atoms with E-state index in [2.05, 4.69) is 85.8 Å². The van der Waals surface area contributed by atoms with Crippen molar-refractivity contribution in [2.24, 2.45) is 0 Å². The van der Waals surface area contributed by atoms with Gasteiger partial charge in [-0.05, 0) is 37.0 Å². The molecule has 0 amide bonds. The van der Waals surface area contributed by atoms with Crippen LogP contribution in [0.25, 0.3) is 28.2 Å². The molecule has 4 heteroatoms. The lowest BCUT2D eigenvalue weighted by atomic mass is 10.0.